The minimum Gasteiger partial charge on any atom is -0.443 e. The molecule has 0 fully saturated rings. The van der Waals surface area contributed by atoms with Crippen molar-refractivity contribution in [3.8, 4) is 0 Å². The van der Waals surface area contributed by atoms with Gasteiger partial charge in [-0.05, 0) is 19.1 Å². The fraction of sp³-hybridized carbons (Fsp3) is 0.111. The normalized spacial score (nSPS) is 13.5. The molecular formula is C9H8BF4O3S-. The van der Waals surface area contributed by atoms with Crippen LogP contribution in [0.25, 0.3) is 0 Å². The molecule has 0 aliphatic heterocycles. The average Bonchev–Trinajstić information content (AvgIpc) is 2.25. The van der Waals surface area contributed by atoms with Crippen LogP contribution < -0.4 is 0 Å². The van der Waals surface area contributed by atoms with Crippen molar-refractivity contribution in [1.29, 1.82) is 0 Å². The van der Waals surface area contributed by atoms with Gasteiger partial charge in [-0.2, -0.15) is 8.42 Å². The van der Waals surface area contributed by atoms with Crippen LogP contribution in [-0.4, -0.2) is 15.4 Å². The first-order valence-corrected chi connectivity index (χ1v) is 6.09. The van der Waals surface area contributed by atoms with Gasteiger partial charge < -0.3 is 17.1 Å². The van der Waals surface area contributed by atoms with Gasteiger partial charge in [-0.15, -0.1) is 0 Å². The summed E-state index contributed by atoms with van der Waals surface area (Å²) in [7, 11) is -4.44. The van der Waals surface area contributed by atoms with Crippen LogP contribution in [0.4, 0.5) is 17.3 Å². The minimum atomic E-state index is -5.90. The lowest BCUT2D eigenvalue weighted by molar-refractivity contribution is 0.408. The number of hydrogen-bond acceptors (Lipinski definition) is 3. The summed E-state index contributed by atoms with van der Waals surface area (Å²) >= 11 is 0. The van der Waals surface area contributed by atoms with E-state index in [-0.39, 0.29) is 4.90 Å². The highest BCUT2D eigenvalue weighted by molar-refractivity contribution is 7.86. The van der Waals surface area contributed by atoms with E-state index in [4.69, 9.17) is 0 Å². The summed E-state index contributed by atoms with van der Waals surface area (Å²) in [5, 5.41) is 0. The van der Waals surface area contributed by atoms with Gasteiger partial charge in [0.1, 0.15) is 11.2 Å². The first-order valence-electron chi connectivity index (χ1n) is 4.68. The fourth-order valence-electron chi connectivity index (χ4n) is 0.947. The lowest BCUT2D eigenvalue weighted by Gasteiger charge is -2.11. The summed E-state index contributed by atoms with van der Waals surface area (Å²) in [5.74, 6) is 0. The lowest BCUT2D eigenvalue weighted by Crippen LogP contribution is -2.17. The van der Waals surface area contributed by atoms with E-state index < -0.39 is 29.1 Å². The smallest absolute Gasteiger partial charge is 0.443 e. The molecule has 0 atom stereocenters. The van der Waals surface area contributed by atoms with Crippen molar-refractivity contribution in [3.63, 3.8) is 0 Å². The molecular weight excluding hydrogens is 275 g/mol. The minimum absolute atomic E-state index is 0.355. The molecule has 0 aliphatic carbocycles. The molecule has 0 heterocycles. The van der Waals surface area contributed by atoms with Gasteiger partial charge in [0, 0.05) is 0 Å². The SMILES string of the molecule is Cc1ccc(S(=O)(=O)O/C=C(\F)[B-](F)(F)F)cc1. The second kappa shape index (κ2) is 5.01. The first-order chi connectivity index (χ1) is 8.13. The second-order valence-corrected chi connectivity index (χ2v) is 5.01. The van der Waals surface area contributed by atoms with Crippen molar-refractivity contribution in [2.45, 2.75) is 11.8 Å². The number of rotatable bonds is 4. The Balaban J connectivity index is 2.94. The third-order valence-corrected chi connectivity index (χ3v) is 3.11. The van der Waals surface area contributed by atoms with E-state index in [0.717, 1.165) is 17.7 Å². The van der Waals surface area contributed by atoms with E-state index in [1.807, 2.05) is 0 Å². The van der Waals surface area contributed by atoms with Crippen LogP contribution in [0.2, 0.25) is 0 Å². The molecule has 0 saturated carbocycles. The lowest BCUT2D eigenvalue weighted by atomic mass is 9.91. The average molecular weight is 283 g/mol. The maximum atomic E-state index is 12.4. The van der Waals surface area contributed by atoms with Gasteiger partial charge in [0.25, 0.3) is 0 Å². The van der Waals surface area contributed by atoms with Crippen LogP contribution in [0.15, 0.2) is 41.1 Å². The Labute approximate surface area is 101 Å². The maximum absolute atomic E-state index is 12.4. The topological polar surface area (TPSA) is 43.4 Å². The molecule has 9 heteroatoms. The zero-order valence-electron chi connectivity index (χ0n) is 9.11. The van der Waals surface area contributed by atoms with Gasteiger partial charge in [-0.25, -0.2) is 4.39 Å². The van der Waals surface area contributed by atoms with Gasteiger partial charge in [0.2, 0.25) is 0 Å². The summed E-state index contributed by atoms with van der Waals surface area (Å²) < 4.78 is 74.5. The van der Waals surface area contributed by atoms with E-state index >= 15 is 0 Å². The number of halogens is 4. The van der Waals surface area contributed by atoms with Crippen molar-refractivity contribution in [1.82, 2.24) is 0 Å². The van der Waals surface area contributed by atoms with Crippen molar-refractivity contribution in [3.05, 3.63) is 41.8 Å². The third-order valence-electron chi connectivity index (χ3n) is 1.91. The Kier molecular flexibility index (Phi) is 4.05. The molecule has 0 amide bonds. The molecule has 0 spiro atoms. The quantitative estimate of drug-likeness (QED) is 0.369. The Morgan fingerprint density at radius 3 is 2.17 bits per heavy atom. The number of aryl methyl sites for hydroxylation is 1. The van der Waals surface area contributed by atoms with Crippen molar-refractivity contribution in [2.75, 3.05) is 0 Å². The summed E-state index contributed by atoms with van der Waals surface area (Å²) in [4.78, 5) is -0.355. The molecule has 1 rings (SSSR count). The zero-order valence-corrected chi connectivity index (χ0v) is 9.93. The highest BCUT2D eigenvalue weighted by atomic mass is 32.2. The molecule has 1 aromatic carbocycles. The van der Waals surface area contributed by atoms with Crippen molar-refractivity contribution >= 4 is 17.1 Å². The van der Waals surface area contributed by atoms with Gasteiger partial charge in [0.05, 0.1) is 5.73 Å². The molecule has 100 valence electrons. The van der Waals surface area contributed by atoms with E-state index in [0.29, 0.717) is 0 Å². The molecule has 0 saturated heterocycles. The number of hydrogen-bond donors (Lipinski definition) is 0. The zero-order chi connectivity index (χ0) is 14.0. The largest absolute Gasteiger partial charge is 0.540 e. The van der Waals surface area contributed by atoms with Crippen LogP contribution in [0.5, 0.6) is 0 Å². The molecule has 3 nitrogen and oxygen atoms in total. The van der Waals surface area contributed by atoms with Crippen LogP contribution in [0.3, 0.4) is 0 Å². The molecule has 1 aromatic rings. The predicted octanol–water partition coefficient (Wildman–Crippen LogP) is 2.90. The highest BCUT2D eigenvalue weighted by Crippen LogP contribution is 2.22. The van der Waals surface area contributed by atoms with Crippen LogP contribution in [0, 0.1) is 6.92 Å². The summed E-state index contributed by atoms with van der Waals surface area (Å²) in [6, 6.07) is 5.16. The van der Waals surface area contributed by atoms with Gasteiger partial charge in [-0.3, -0.25) is 0 Å². The van der Waals surface area contributed by atoms with Crippen molar-refractivity contribution in [2.24, 2.45) is 0 Å². The Morgan fingerprint density at radius 2 is 1.72 bits per heavy atom. The summed E-state index contributed by atoms with van der Waals surface area (Å²) in [5.41, 5.74) is -1.81. The fourth-order valence-corrected chi connectivity index (χ4v) is 1.75. The third kappa shape index (κ3) is 3.76. The second-order valence-electron chi connectivity index (χ2n) is 3.44. The van der Waals surface area contributed by atoms with Crippen LogP contribution >= 0.6 is 0 Å². The van der Waals surface area contributed by atoms with Gasteiger partial charge in [-0.1, -0.05) is 17.7 Å². The highest BCUT2D eigenvalue weighted by Gasteiger charge is 2.30. The molecule has 18 heavy (non-hydrogen) atoms. The molecule has 0 radical (unpaired) electrons. The van der Waals surface area contributed by atoms with E-state index in [1.165, 1.54) is 12.1 Å². The molecule has 0 aromatic heterocycles. The monoisotopic (exact) mass is 283 g/mol. The maximum Gasteiger partial charge on any atom is 0.540 e. The van der Waals surface area contributed by atoms with Crippen LogP contribution in [-0.2, 0) is 14.3 Å². The van der Waals surface area contributed by atoms with E-state index in [9.17, 15) is 25.8 Å². The van der Waals surface area contributed by atoms with E-state index in [2.05, 4.69) is 4.18 Å². The van der Waals surface area contributed by atoms with Crippen molar-refractivity contribution < 1.29 is 29.9 Å². The first kappa shape index (κ1) is 14.6. The summed E-state index contributed by atoms with van der Waals surface area (Å²) in [6.45, 7) is -4.20. The Hall–Kier alpha value is -1.51. The molecule has 0 N–H and O–H groups in total. The summed E-state index contributed by atoms with van der Waals surface area (Å²) in [6.07, 6.45) is -0.449. The standard InChI is InChI=1S/C9H8BF4O3S/c1-7-2-4-8(5-3-7)18(15,16)17-6-9(11)10(12,13)14/h2-6H,1H3/q-1/b9-6-. The molecule has 0 unspecified atom stereocenters. The Morgan fingerprint density at radius 1 is 1.22 bits per heavy atom. The van der Waals surface area contributed by atoms with Gasteiger partial charge >= 0.3 is 17.1 Å². The van der Waals surface area contributed by atoms with E-state index in [1.54, 1.807) is 6.92 Å². The van der Waals surface area contributed by atoms with Crippen LogP contribution in [0.1, 0.15) is 5.56 Å². The number of benzene rings is 1. The molecule has 0 aliphatic rings. The molecule has 0 bridgehead atoms. The van der Waals surface area contributed by atoms with Gasteiger partial charge in [0.15, 0.2) is 0 Å². The predicted molar refractivity (Wildman–Crippen MR) is 57.7 cm³/mol. The Bertz CT molecular complexity index is 548.